The number of benzene rings is 1. The number of thiol groups is 1. The van der Waals surface area contributed by atoms with Crippen LogP contribution in [-0.2, 0) is 24.6 Å². The minimum Gasteiger partial charge on any atom is -0.387 e. The van der Waals surface area contributed by atoms with E-state index >= 15 is 0 Å². The van der Waals surface area contributed by atoms with E-state index in [4.69, 9.17) is 19.0 Å². The highest BCUT2D eigenvalue weighted by Crippen LogP contribution is 2.29. The molecule has 5 heteroatoms. The lowest BCUT2D eigenvalue weighted by Crippen LogP contribution is -2.32. The third-order valence-electron chi connectivity index (χ3n) is 4.07. The lowest BCUT2D eigenvalue weighted by Gasteiger charge is -2.30. The zero-order valence-corrected chi connectivity index (χ0v) is 15.7. The second-order valence-electron chi connectivity index (χ2n) is 7.16. The first kappa shape index (κ1) is 19.0. The van der Waals surface area contributed by atoms with Crippen molar-refractivity contribution in [3.63, 3.8) is 0 Å². The van der Waals surface area contributed by atoms with E-state index < -0.39 is 10.8 Å². The second kappa shape index (κ2) is 8.15. The molecule has 1 aliphatic carbocycles. The Labute approximate surface area is 146 Å². The van der Waals surface area contributed by atoms with Gasteiger partial charge in [0.15, 0.2) is 0 Å². The Bertz CT molecular complexity index is 604. The van der Waals surface area contributed by atoms with Gasteiger partial charge in [0, 0.05) is 0 Å². The Morgan fingerprint density at radius 1 is 1.17 bits per heavy atom. The molecule has 0 bridgehead atoms. The van der Waals surface area contributed by atoms with E-state index in [1.54, 1.807) is 12.1 Å². The zero-order valence-electron chi connectivity index (χ0n) is 14.8. The van der Waals surface area contributed by atoms with Gasteiger partial charge < -0.3 is 4.18 Å². The van der Waals surface area contributed by atoms with Crippen molar-refractivity contribution < 1.29 is 16.8 Å². The molecule has 1 aromatic carbocycles. The minimum atomic E-state index is -3.72. The molecule has 0 aromatic heterocycles. The molecular formula is C19H28O4S. The summed E-state index contributed by atoms with van der Waals surface area (Å²) in [5.74, 6) is 2.78. The van der Waals surface area contributed by atoms with Crippen molar-refractivity contribution in [2.45, 2.75) is 64.4 Å². The number of terminal acetylenes is 1. The molecule has 1 saturated carbocycles. The van der Waals surface area contributed by atoms with Gasteiger partial charge in [0.2, 0.25) is 10.8 Å². The predicted molar refractivity (Wildman–Crippen MR) is 98.1 cm³/mol. The highest BCUT2D eigenvalue weighted by Gasteiger charge is 2.25. The molecule has 0 radical (unpaired) electrons. The van der Waals surface area contributed by atoms with Crippen molar-refractivity contribution in [3.05, 3.63) is 29.8 Å². The number of rotatable bonds is 6. The van der Waals surface area contributed by atoms with Gasteiger partial charge in [-0.2, -0.15) is 4.21 Å². The summed E-state index contributed by atoms with van der Waals surface area (Å²) in [5, 5.41) is 0. The first-order chi connectivity index (χ1) is 11.3. The van der Waals surface area contributed by atoms with Gasteiger partial charge in [-0.15, -0.1) is 6.42 Å². The molecule has 24 heavy (non-hydrogen) atoms. The van der Waals surface area contributed by atoms with Crippen LogP contribution in [0.2, 0.25) is 0 Å². The lowest BCUT2D eigenvalue weighted by atomic mass is 9.87. The van der Waals surface area contributed by atoms with Crippen molar-refractivity contribution >= 4 is 10.8 Å². The highest BCUT2D eigenvalue weighted by atomic mass is 32.3. The van der Waals surface area contributed by atoms with E-state index in [1.165, 1.54) is 12.0 Å². The largest absolute Gasteiger partial charge is 0.387 e. The third kappa shape index (κ3) is 5.62. The molecule has 0 aliphatic heterocycles. The molecule has 1 fully saturated rings. The monoisotopic (exact) mass is 352 g/mol. The van der Waals surface area contributed by atoms with Crippen LogP contribution in [0.4, 0.5) is 0 Å². The van der Waals surface area contributed by atoms with Gasteiger partial charge >= 0.3 is 0 Å². The van der Waals surface area contributed by atoms with Gasteiger partial charge in [-0.25, -0.2) is 0 Å². The third-order valence-corrected chi connectivity index (χ3v) is 5.51. The SMILES string of the molecule is C#CCO[SH](=O)(Oc1ccc(C(C)(C)C)cc1)OC1CCCCC1. The molecule has 2 rings (SSSR count). The first-order valence-electron chi connectivity index (χ1n) is 8.49. The van der Waals surface area contributed by atoms with Crippen molar-refractivity contribution in [1.82, 2.24) is 0 Å². The molecule has 0 saturated heterocycles. The molecule has 0 spiro atoms. The predicted octanol–water partition coefficient (Wildman–Crippen LogP) is 4.12. The van der Waals surface area contributed by atoms with Crippen molar-refractivity contribution in [3.8, 4) is 18.1 Å². The maximum Gasteiger partial charge on any atom is 0.222 e. The van der Waals surface area contributed by atoms with Gasteiger partial charge in [-0.1, -0.05) is 58.1 Å². The van der Waals surface area contributed by atoms with Crippen LogP contribution in [0.1, 0.15) is 58.4 Å². The summed E-state index contributed by atoms with van der Waals surface area (Å²) in [5.41, 5.74) is 1.21. The van der Waals surface area contributed by atoms with E-state index in [9.17, 15) is 4.21 Å². The van der Waals surface area contributed by atoms with Crippen LogP contribution in [0.3, 0.4) is 0 Å². The zero-order chi connectivity index (χ0) is 17.6. The van der Waals surface area contributed by atoms with Gasteiger partial charge in [0.05, 0.1) is 6.10 Å². The van der Waals surface area contributed by atoms with Crippen LogP contribution in [0.25, 0.3) is 0 Å². The van der Waals surface area contributed by atoms with E-state index in [0.717, 1.165) is 25.7 Å². The standard InChI is InChI=1S/C19H28O4S/c1-5-15-21-24(20,22-17-9-7-6-8-10-17)23-18-13-11-16(12-14-18)19(2,3)4/h1,11-14,17,24H,6-10,15H2,2-4H3. The smallest absolute Gasteiger partial charge is 0.222 e. The lowest BCUT2D eigenvalue weighted by molar-refractivity contribution is 0.113. The Kier molecular flexibility index (Phi) is 6.45. The summed E-state index contributed by atoms with van der Waals surface area (Å²) in [4.78, 5) is 0. The van der Waals surface area contributed by atoms with Gasteiger partial charge in [0.25, 0.3) is 0 Å². The Hall–Kier alpha value is -1.35. The first-order valence-corrected chi connectivity index (χ1v) is 9.95. The van der Waals surface area contributed by atoms with E-state index in [-0.39, 0.29) is 18.1 Å². The van der Waals surface area contributed by atoms with Crippen LogP contribution in [-0.4, -0.2) is 16.9 Å². The topological polar surface area (TPSA) is 44.8 Å². The van der Waals surface area contributed by atoms with Crippen molar-refractivity contribution in [1.29, 1.82) is 0 Å². The fourth-order valence-corrected chi connectivity index (χ4v) is 4.04. The fourth-order valence-electron chi connectivity index (χ4n) is 2.69. The van der Waals surface area contributed by atoms with E-state index in [0.29, 0.717) is 5.75 Å². The second-order valence-corrected chi connectivity index (χ2v) is 8.70. The summed E-state index contributed by atoms with van der Waals surface area (Å²) in [6, 6.07) is 7.50. The summed E-state index contributed by atoms with van der Waals surface area (Å²) in [6.07, 6.45) is 10.2. The number of hydrogen-bond acceptors (Lipinski definition) is 4. The molecule has 0 unspecified atom stereocenters. The molecule has 0 amide bonds. The summed E-state index contributed by atoms with van der Waals surface area (Å²) in [7, 11) is -3.72. The van der Waals surface area contributed by atoms with Crippen LogP contribution >= 0.6 is 0 Å². The molecule has 1 aliphatic rings. The van der Waals surface area contributed by atoms with Crippen LogP contribution in [0, 0.1) is 12.3 Å². The van der Waals surface area contributed by atoms with Crippen molar-refractivity contribution in [2.24, 2.45) is 0 Å². The quantitative estimate of drug-likeness (QED) is 0.618. The van der Waals surface area contributed by atoms with Crippen molar-refractivity contribution in [2.75, 3.05) is 6.61 Å². The summed E-state index contributed by atoms with van der Waals surface area (Å²) < 4.78 is 29.5. The van der Waals surface area contributed by atoms with E-state index in [2.05, 4.69) is 26.7 Å². The molecule has 0 heterocycles. The Balaban J connectivity index is 2.09. The summed E-state index contributed by atoms with van der Waals surface area (Å²) in [6.45, 7) is 6.30. The molecule has 4 nitrogen and oxygen atoms in total. The van der Waals surface area contributed by atoms with Crippen LogP contribution in [0.15, 0.2) is 24.3 Å². The molecular weight excluding hydrogens is 324 g/mol. The number of hydrogen-bond donors (Lipinski definition) is 1. The highest BCUT2D eigenvalue weighted by molar-refractivity contribution is 7.89. The van der Waals surface area contributed by atoms with Crippen LogP contribution < -0.4 is 4.18 Å². The maximum atomic E-state index is 12.9. The molecule has 0 N–H and O–H groups in total. The summed E-state index contributed by atoms with van der Waals surface area (Å²) >= 11 is 0. The van der Waals surface area contributed by atoms with Gasteiger partial charge in [-0.3, -0.25) is 8.37 Å². The Morgan fingerprint density at radius 3 is 2.33 bits per heavy atom. The minimum absolute atomic E-state index is 0.0425. The Morgan fingerprint density at radius 2 is 1.79 bits per heavy atom. The van der Waals surface area contributed by atoms with E-state index in [1.807, 2.05) is 12.1 Å². The normalized spacial score (nSPS) is 17.2. The maximum absolute atomic E-state index is 12.9. The molecule has 1 aromatic rings. The fraction of sp³-hybridized carbons (Fsp3) is 0.579. The average Bonchev–Trinajstić information content (AvgIpc) is 2.53. The molecule has 0 atom stereocenters. The van der Waals surface area contributed by atoms with Gasteiger partial charge in [0.1, 0.15) is 12.4 Å². The average molecular weight is 352 g/mol. The van der Waals surface area contributed by atoms with Crippen LogP contribution in [0.5, 0.6) is 5.75 Å². The molecule has 134 valence electrons. The van der Waals surface area contributed by atoms with Gasteiger partial charge in [-0.05, 0) is 36.0 Å².